The van der Waals surface area contributed by atoms with Gasteiger partial charge in [0.15, 0.2) is 0 Å². The number of aliphatic carboxylic acids is 1. The van der Waals surface area contributed by atoms with Crippen LogP contribution in [0.3, 0.4) is 0 Å². The Kier molecular flexibility index (Phi) is 5.53. The number of unbranched alkanes of at least 4 members (excludes halogenated alkanes) is 1. The van der Waals surface area contributed by atoms with Gasteiger partial charge in [0.1, 0.15) is 6.10 Å². The number of allylic oxidation sites excluding steroid dienone is 1. The van der Waals surface area contributed by atoms with Gasteiger partial charge < -0.3 is 9.84 Å². The van der Waals surface area contributed by atoms with Crippen molar-refractivity contribution in [2.24, 2.45) is 29.1 Å². The maximum absolute atomic E-state index is 12.3. The monoisotopic (exact) mass is 322 g/mol. The van der Waals surface area contributed by atoms with Gasteiger partial charge in [-0.2, -0.15) is 0 Å². The lowest BCUT2D eigenvalue weighted by Gasteiger charge is -2.28. The van der Waals surface area contributed by atoms with Crippen molar-refractivity contribution in [3.8, 4) is 0 Å². The molecule has 0 saturated heterocycles. The van der Waals surface area contributed by atoms with E-state index in [1.165, 1.54) is 6.42 Å². The molecule has 2 saturated carbocycles. The zero-order valence-corrected chi connectivity index (χ0v) is 14.6. The van der Waals surface area contributed by atoms with E-state index >= 15 is 0 Å². The first-order valence-corrected chi connectivity index (χ1v) is 8.77. The summed E-state index contributed by atoms with van der Waals surface area (Å²) in [7, 11) is 0. The summed E-state index contributed by atoms with van der Waals surface area (Å²) in [5.41, 5.74) is -0.452. The normalized spacial score (nSPS) is 30.4. The minimum absolute atomic E-state index is 0.00882. The maximum atomic E-state index is 12.3. The molecule has 0 bridgehead atoms. The third kappa shape index (κ3) is 4.58. The Bertz CT molecular complexity index is 462. The number of carbonyl (C=O) groups excluding carboxylic acids is 1. The van der Waals surface area contributed by atoms with Gasteiger partial charge in [-0.1, -0.05) is 26.8 Å². The van der Waals surface area contributed by atoms with Crippen LogP contribution in [0.2, 0.25) is 0 Å². The third-order valence-electron chi connectivity index (χ3n) is 5.48. The van der Waals surface area contributed by atoms with E-state index in [9.17, 15) is 14.7 Å². The average molecular weight is 322 g/mol. The van der Waals surface area contributed by atoms with Gasteiger partial charge in [0.05, 0.1) is 12.3 Å². The molecule has 4 heteroatoms. The second-order valence-electron chi connectivity index (χ2n) is 8.27. The fourth-order valence-electron chi connectivity index (χ4n) is 4.00. The quantitative estimate of drug-likeness (QED) is 0.416. The second-order valence-corrected chi connectivity index (χ2v) is 8.27. The van der Waals surface area contributed by atoms with Crippen molar-refractivity contribution < 1.29 is 19.4 Å². The zero-order chi connectivity index (χ0) is 17.2. The third-order valence-corrected chi connectivity index (χ3v) is 5.48. The maximum Gasteiger partial charge on any atom is 0.307 e. The van der Waals surface area contributed by atoms with Crippen molar-refractivity contribution >= 4 is 11.9 Å². The van der Waals surface area contributed by atoms with Crippen LogP contribution in [0, 0.1) is 29.1 Å². The highest BCUT2D eigenvalue weighted by Gasteiger charge is 2.54. The Hall–Kier alpha value is -1.32. The molecule has 5 atom stereocenters. The zero-order valence-electron chi connectivity index (χ0n) is 14.6. The first-order chi connectivity index (χ1) is 10.7. The SMILES string of the molecule is C=CCCC[C@H]1C(OC(=O)C[C@H](C(=O)O)C(C)(C)C)C[C@@H]2C[C@@H]21. The largest absolute Gasteiger partial charge is 0.481 e. The molecular formula is C19H30O4. The fourth-order valence-corrected chi connectivity index (χ4v) is 4.00. The first kappa shape index (κ1) is 18.0. The predicted molar refractivity (Wildman–Crippen MR) is 88.8 cm³/mol. The Morgan fingerprint density at radius 2 is 2.04 bits per heavy atom. The topological polar surface area (TPSA) is 63.6 Å². The number of esters is 1. The van der Waals surface area contributed by atoms with Crippen LogP contribution in [0.25, 0.3) is 0 Å². The van der Waals surface area contributed by atoms with Gasteiger partial charge in [0.2, 0.25) is 0 Å². The molecule has 0 aromatic rings. The van der Waals surface area contributed by atoms with Crippen molar-refractivity contribution in [3.63, 3.8) is 0 Å². The van der Waals surface area contributed by atoms with Crippen LogP contribution in [-0.4, -0.2) is 23.1 Å². The molecule has 2 aliphatic carbocycles. The summed E-state index contributed by atoms with van der Waals surface area (Å²) >= 11 is 0. The number of rotatable bonds is 8. The number of carboxylic acids is 1. The number of fused-ring (bicyclic) bond motifs is 1. The summed E-state index contributed by atoms with van der Waals surface area (Å²) in [5, 5.41) is 9.35. The first-order valence-electron chi connectivity index (χ1n) is 8.77. The second kappa shape index (κ2) is 7.06. The Balaban J connectivity index is 1.88. The molecule has 2 rings (SSSR count). The van der Waals surface area contributed by atoms with E-state index in [0.29, 0.717) is 5.92 Å². The van der Waals surface area contributed by atoms with Gasteiger partial charge in [-0.25, -0.2) is 0 Å². The van der Waals surface area contributed by atoms with Crippen LogP contribution < -0.4 is 0 Å². The fraction of sp³-hybridized carbons (Fsp3) is 0.789. The van der Waals surface area contributed by atoms with E-state index in [2.05, 4.69) is 6.58 Å². The van der Waals surface area contributed by atoms with Crippen molar-refractivity contribution in [1.82, 2.24) is 0 Å². The van der Waals surface area contributed by atoms with Crippen LogP contribution >= 0.6 is 0 Å². The molecule has 23 heavy (non-hydrogen) atoms. The number of carboxylic acid groups (broad SMARTS) is 1. The number of carbonyl (C=O) groups is 2. The molecule has 0 amide bonds. The molecule has 1 N–H and O–H groups in total. The average Bonchev–Trinajstić information content (AvgIpc) is 3.11. The van der Waals surface area contributed by atoms with E-state index in [1.54, 1.807) is 0 Å². The molecule has 130 valence electrons. The highest BCUT2D eigenvalue weighted by molar-refractivity contribution is 5.79. The summed E-state index contributed by atoms with van der Waals surface area (Å²) in [4.78, 5) is 23.7. The van der Waals surface area contributed by atoms with Crippen molar-refractivity contribution in [2.75, 3.05) is 0 Å². The van der Waals surface area contributed by atoms with Crippen LogP contribution in [-0.2, 0) is 14.3 Å². The summed E-state index contributed by atoms with van der Waals surface area (Å²) in [6.07, 6.45) is 7.28. The van der Waals surface area contributed by atoms with E-state index in [4.69, 9.17) is 4.74 Å². The van der Waals surface area contributed by atoms with Crippen LogP contribution in [0.1, 0.15) is 59.3 Å². The van der Waals surface area contributed by atoms with Gasteiger partial charge in [0.25, 0.3) is 0 Å². The van der Waals surface area contributed by atoms with E-state index in [-0.39, 0.29) is 18.5 Å². The molecule has 0 aromatic heterocycles. The van der Waals surface area contributed by atoms with Gasteiger partial charge in [0, 0.05) is 0 Å². The Labute approximate surface area is 139 Å². The molecule has 0 aliphatic heterocycles. The molecule has 0 spiro atoms. The smallest absolute Gasteiger partial charge is 0.307 e. The van der Waals surface area contributed by atoms with Gasteiger partial charge >= 0.3 is 11.9 Å². The number of hydrogen-bond donors (Lipinski definition) is 1. The lowest BCUT2D eigenvalue weighted by atomic mass is 9.79. The standard InChI is InChI=1S/C19H30O4/c1-5-6-7-8-13-14-9-12(14)10-16(13)23-17(20)11-15(18(21)22)19(2,3)4/h5,12-16H,1,6-11H2,2-4H3,(H,21,22)/t12-,13+,14-,15+,16?/m0/s1. The molecule has 2 fully saturated rings. The van der Waals surface area contributed by atoms with E-state index in [0.717, 1.165) is 37.5 Å². The number of hydrogen-bond acceptors (Lipinski definition) is 3. The van der Waals surface area contributed by atoms with Crippen molar-refractivity contribution in [3.05, 3.63) is 12.7 Å². The van der Waals surface area contributed by atoms with Crippen LogP contribution in [0.5, 0.6) is 0 Å². The summed E-state index contributed by atoms with van der Waals surface area (Å²) in [6.45, 7) is 9.30. The van der Waals surface area contributed by atoms with Crippen molar-refractivity contribution in [2.45, 2.75) is 65.4 Å². The van der Waals surface area contributed by atoms with Crippen molar-refractivity contribution in [1.29, 1.82) is 0 Å². The molecule has 0 aromatic carbocycles. The predicted octanol–water partition coefficient (Wildman–Crippen LogP) is 4.05. The molecule has 1 unspecified atom stereocenters. The molecular weight excluding hydrogens is 292 g/mol. The molecule has 2 aliphatic rings. The molecule has 4 nitrogen and oxygen atoms in total. The highest BCUT2D eigenvalue weighted by Crippen LogP contribution is 2.57. The van der Waals surface area contributed by atoms with E-state index in [1.807, 2.05) is 26.8 Å². The minimum atomic E-state index is -0.925. The Morgan fingerprint density at radius 1 is 1.35 bits per heavy atom. The van der Waals surface area contributed by atoms with Gasteiger partial charge in [-0.05, 0) is 55.3 Å². The van der Waals surface area contributed by atoms with Gasteiger partial charge in [-0.15, -0.1) is 6.58 Å². The highest BCUT2D eigenvalue weighted by atomic mass is 16.5. The lowest BCUT2D eigenvalue weighted by molar-refractivity contribution is -0.160. The Morgan fingerprint density at radius 3 is 2.61 bits per heavy atom. The summed E-state index contributed by atoms with van der Waals surface area (Å²) in [6, 6.07) is 0. The summed E-state index contributed by atoms with van der Waals surface area (Å²) < 4.78 is 5.70. The molecule has 0 heterocycles. The number of ether oxygens (including phenoxy) is 1. The summed E-state index contributed by atoms with van der Waals surface area (Å²) in [5.74, 6) is -0.0829. The minimum Gasteiger partial charge on any atom is -0.481 e. The van der Waals surface area contributed by atoms with Gasteiger partial charge in [-0.3, -0.25) is 9.59 Å². The lowest BCUT2D eigenvalue weighted by Crippen LogP contribution is -2.33. The van der Waals surface area contributed by atoms with Crippen LogP contribution in [0.15, 0.2) is 12.7 Å². The van der Waals surface area contributed by atoms with E-state index < -0.39 is 17.3 Å². The van der Waals surface area contributed by atoms with Crippen LogP contribution in [0.4, 0.5) is 0 Å². The molecule has 0 radical (unpaired) electrons.